The Bertz CT molecular complexity index is 909. The number of halogens is 1. The fourth-order valence-electron chi connectivity index (χ4n) is 2.72. The molecule has 1 aliphatic carbocycles. The predicted molar refractivity (Wildman–Crippen MR) is 95.1 cm³/mol. The van der Waals surface area contributed by atoms with Crippen molar-refractivity contribution in [1.82, 2.24) is 4.72 Å². The highest BCUT2D eigenvalue weighted by atomic mass is 35.5. The SMILES string of the molecule is Cc1ccc(S(=O)(=O)NC(c2ccc(Cl)cc2)C2CC2)cc1[N+](=O)[O-]. The van der Waals surface area contributed by atoms with Crippen LogP contribution in [0.4, 0.5) is 5.69 Å². The molecule has 6 nitrogen and oxygen atoms in total. The van der Waals surface area contributed by atoms with Crippen LogP contribution in [-0.2, 0) is 10.0 Å². The average Bonchev–Trinajstić information content (AvgIpc) is 3.38. The molecular weight excluding hydrogens is 364 g/mol. The zero-order valence-corrected chi connectivity index (χ0v) is 15.0. The summed E-state index contributed by atoms with van der Waals surface area (Å²) in [5.41, 5.74) is 1.04. The van der Waals surface area contributed by atoms with Gasteiger partial charge in [-0.2, -0.15) is 0 Å². The molecule has 132 valence electrons. The fraction of sp³-hybridized carbons (Fsp3) is 0.294. The van der Waals surface area contributed by atoms with E-state index < -0.39 is 14.9 Å². The Balaban J connectivity index is 1.92. The molecule has 1 unspecified atom stereocenters. The van der Waals surface area contributed by atoms with E-state index in [0.717, 1.165) is 24.5 Å². The van der Waals surface area contributed by atoms with Crippen LogP contribution in [0.2, 0.25) is 5.02 Å². The van der Waals surface area contributed by atoms with E-state index in [9.17, 15) is 18.5 Å². The van der Waals surface area contributed by atoms with Crippen molar-refractivity contribution < 1.29 is 13.3 Å². The third-order valence-electron chi connectivity index (χ3n) is 4.29. The minimum atomic E-state index is -3.88. The smallest absolute Gasteiger partial charge is 0.258 e. The quantitative estimate of drug-likeness (QED) is 0.606. The Morgan fingerprint density at radius 1 is 1.20 bits per heavy atom. The maximum atomic E-state index is 12.7. The molecule has 1 atom stereocenters. The van der Waals surface area contributed by atoms with E-state index in [1.807, 2.05) is 0 Å². The lowest BCUT2D eigenvalue weighted by Crippen LogP contribution is -2.30. The van der Waals surface area contributed by atoms with E-state index in [1.165, 1.54) is 12.1 Å². The van der Waals surface area contributed by atoms with Gasteiger partial charge in [0.1, 0.15) is 0 Å². The number of nitrogens with zero attached hydrogens (tertiary/aromatic N) is 1. The highest BCUT2D eigenvalue weighted by Gasteiger charge is 2.35. The second-order valence-electron chi connectivity index (χ2n) is 6.19. The Labute approximate surface area is 151 Å². The molecule has 0 heterocycles. The van der Waals surface area contributed by atoms with Gasteiger partial charge in [0.15, 0.2) is 0 Å². The molecule has 8 heteroatoms. The molecule has 25 heavy (non-hydrogen) atoms. The molecule has 1 N–H and O–H groups in total. The molecule has 0 saturated heterocycles. The number of aryl methyl sites for hydroxylation is 1. The first-order chi connectivity index (χ1) is 11.8. The van der Waals surface area contributed by atoms with Gasteiger partial charge in [0.2, 0.25) is 10.0 Å². The lowest BCUT2D eigenvalue weighted by molar-refractivity contribution is -0.385. The summed E-state index contributed by atoms with van der Waals surface area (Å²) in [7, 11) is -3.88. The monoisotopic (exact) mass is 380 g/mol. The largest absolute Gasteiger partial charge is 0.273 e. The fourth-order valence-corrected chi connectivity index (χ4v) is 4.16. The normalized spacial score (nSPS) is 15.8. The summed E-state index contributed by atoms with van der Waals surface area (Å²) in [6.45, 7) is 1.57. The predicted octanol–water partition coefficient (Wildman–Crippen LogP) is 3.99. The number of nitro benzene ring substituents is 1. The van der Waals surface area contributed by atoms with Crippen LogP contribution in [0.3, 0.4) is 0 Å². The molecule has 0 radical (unpaired) electrons. The number of rotatable bonds is 6. The van der Waals surface area contributed by atoms with Gasteiger partial charge < -0.3 is 0 Å². The highest BCUT2D eigenvalue weighted by Crippen LogP contribution is 2.42. The number of nitrogens with one attached hydrogen (secondary N) is 1. The maximum absolute atomic E-state index is 12.7. The first kappa shape index (κ1) is 17.8. The Hall–Kier alpha value is -1.96. The molecule has 0 aromatic heterocycles. The van der Waals surface area contributed by atoms with Gasteiger partial charge in [0.05, 0.1) is 9.82 Å². The van der Waals surface area contributed by atoms with Crippen molar-refractivity contribution in [2.75, 3.05) is 0 Å². The molecule has 0 amide bonds. The van der Waals surface area contributed by atoms with Crippen LogP contribution in [0.15, 0.2) is 47.4 Å². The van der Waals surface area contributed by atoms with Crippen molar-refractivity contribution in [3.8, 4) is 0 Å². The van der Waals surface area contributed by atoms with Crippen LogP contribution >= 0.6 is 11.6 Å². The van der Waals surface area contributed by atoms with Crippen molar-refractivity contribution in [3.05, 3.63) is 68.7 Å². The van der Waals surface area contributed by atoms with Crippen LogP contribution < -0.4 is 4.72 Å². The molecule has 2 aromatic carbocycles. The van der Waals surface area contributed by atoms with Crippen molar-refractivity contribution in [1.29, 1.82) is 0 Å². The number of sulfonamides is 1. The number of benzene rings is 2. The van der Waals surface area contributed by atoms with Crippen molar-refractivity contribution in [2.24, 2.45) is 5.92 Å². The van der Waals surface area contributed by atoms with Crippen molar-refractivity contribution in [3.63, 3.8) is 0 Å². The van der Waals surface area contributed by atoms with Crippen LogP contribution in [0.25, 0.3) is 0 Å². The van der Waals surface area contributed by atoms with Crippen LogP contribution in [-0.4, -0.2) is 13.3 Å². The standard InChI is InChI=1S/C17H17ClN2O4S/c1-11-2-9-15(10-16(11)20(21)22)25(23,24)19-17(12-3-4-12)13-5-7-14(18)8-6-13/h2,5-10,12,17,19H,3-4H2,1H3. The van der Waals surface area contributed by atoms with E-state index in [0.29, 0.717) is 10.6 Å². The molecule has 0 aliphatic heterocycles. The maximum Gasteiger partial charge on any atom is 0.273 e. The van der Waals surface area contributed by atoms with E-state index in [2.05, 4.69) is 4.72 Å². The molecule has 2 aromatic rings. The second-order valence-corrected chi connectivity index (χ2v) is 8.34. The molecule has 1 aliphatic rings. The van der Waals surface area contributed by atoms with E-state index in [1.54, 1.807) is 31.2 Å². The van der Waals surface area contributed by atoms with Gasteiger partial charge >= 0.3 is 0 Å². The number of nitro groups is 1. The number of hydrogen-bond acceptors (Lipinski definition) is 4. The summed E-state index contributed by atoms with van der Waals surface area (Å²) < 4.78 is 28.2. The summed E-state index contributed by atoms with van der Waals surface area (Å²) >= 11 is 5.90. The van der Waals surface area contributed by atoms with Gasteiger partial charge in [-0.25, -0.2) is 13.1 Å². The zero-order valence-electron chi connectivity index (χ0n) is 13.5. The van der Waals surface area contributed by atoms with Crippen LogP contribution in [0, 0.1) is 23.0 Å². The van der Waals surface area contributed by atoms with Gasteiger partial charge in [0.25, 0.3) is 5.69 Å². The topological polar surface area (TPSA) is 89.3 Å². The lowest BCUT2D eigenvalue weighted by atomic mass is 10.0. The Morgan fingerprint density at radius 2 is 1.84 bits per heavy atom. The second kappa shape index (κ2) is 6.74. The number of hydrogen-bond donors (Lipinski definition) is 1. The van der Waals surface area contributed by atoms with Gasteiger partial charge in [-0.15, -0.1) is 0 Å². The molecule has 1 fully saturated rings. The van der Waals surface area contributed by atoms with Gasteiger partial charge in [-0.3, -0.25) is 10.1 Å². The van der Waals surface area contributed by atoms with Gasteiger partial charge in [0, 0.05) is 22.7 Å². The Kier molecular flexibility index (Phi) is 4.81. The van der Waals surface area contributed by atoms with Gasteiger partial charge in [-0.1, -0.05) is 29.8 Å². The van der Waals surface area contributed by atoms with Crippen molar-refractivity contribution in [2.45, 2.75) is 30.7 Å². The molecule has 0 bridgehead atoms. The van der Waals surface area contributed by atoms with Crippen molar-refractivity contribution >= 4 is 27.3 Å². The summed E-state index contributed by atoms with van der Waals surface area (Å²) in [6, 6.07) is 10.6. The third kappa shape index (κ3) is 4.00. The van der Waals surface area contributed by atoms with Gasteiger partial charge in [-0.05, 0) is 49.4 Å². The van der Waals surface area contributed by atoms with E-state index in [4.69, 9.17) is 11.6 Å². The molecule has 0 spiro atoms. The van der Waals surface area contributed by atoms with Crippen LogP contribution in [0.1, 0.15) is 30.0 Å². The summed E-state index contributed by atoms with van der Waals surface area (Å²) in [5.74, 6) is 0.219. The molecule has 1 saturated carbocycles. The minimum Gasteiger partial charge on any atom is -0.258 e. The first-order valence-electron chi connectivity index (χ1n) is 7.81. The third-order valence-corrected chi connectivity index (χ3v) is 5.98. The summed E-state index contributed by atoms with van der Waals surface area (Å²) in [5, 5.41) is 11.7. The molecular formula is C17H17ClN2O4S. The summed E-state index contributed by atoms with van der Waals surface area (Å²) in [4.78, 5) is 10.4. The van der Waals surface area contributed by atoms with E-state index in [-0.39, 0.29) is 22.5 Å². The minimum absolute atomic E-state index is 0.107. The first-order valence-corrected chi connectivity index (χ1v) is 9.67. The zero-order chi connectivity index (χ0) is 18.2. The summed E-state index contributed by atoms with van der Waals surface area (Å²) in [6.07, 6.45) is 1.87. The average molecular weight is 381 g/mol. The van der Waals surface area contributed by atoms with Crippen LogP contribution in [0.5, 0.6) is 0 Å². The lowest BCUT2D eigenvalue weighted by Gasteiger charge is -2.19. The Morgan fingerprint density at radius 3 is 2.40 bits per heavy atom. The van der Waals surface area contributed by atoms with E-state index >= 15 is 0 Å². The highest BCUT2D eigenvalue weighted by molar-refractivity contribution is 7.89. The molecule has 3 rings (SSSR count).